The molecule has 0 radical (unpaired) electrons. The Bertz CT molecular complexity index is 869. The van der Waals surface area contributed by atoms with Gasteiger partial charge in [0.1, 0.15) is 0 Å². The first-order valence-electron chi connectivity index (χ1n) is 7.89. The summed E-state index contributed by atoms with van der Waals surface area (Å²) in [4.78, 5) is 0. The smallest absolute Gasteiger partial charge is 0.0165 e. The minimum Gasteiger partial charge on any atom is -0.0619 e. The summed E-state index contributed by atoms with van der Waals surface area (Å²) in [6, 6.07) is 24.4. The van der Waals surface area contributed by atoms with Gasteiger partial charge in [0.15, 0.2) is 0 Å². The third-order valence-electron chi connectivity index (χ3n) is 4.91. The Morgan fingerprint density at radius 1 is 0.682 bits per heavy atom. The Morgan fingerprint density at radius 2 is 1.36 bits per heavy atom. The molecule has 108 valence electrons. The normalized spacial score (nSPS) is 14.5. The fourth-order valence-corrected chi connectivity index (χ4v) is 3.90. The van der Waals surface area contributed by atoms with Crippen LogP contribution in [0.4, 0.5) is 0 Å². The number of rotatable bonds is 1. The van der Waals surface area contributed by atoms with E-state index in [4.69, 9.17) is 0 Å². The highest BCUT2D eigenvalue weighted by molar-refractivity contribution is 5.88. The summed E-state index contributed by atoms with van der Waals surface area (Å²) >= 11 is 0. The third kappa shape index (κ3) is 1.77. The average molecular weight is 284 g/mol. The molecule has 0 bridgehead atoms. The lowest BCUT2D eigenvalue weighted by atomic mass is 9.79. The summed E-state index contributed by atoms with van der Waals surface area (Å²) in [5.74, 6) is 0. The third-order valence-corrected chi connectivity index (χ3v) is 4.91. The molecule has 1 aliphatic carbocycles. The van der Waals surface area contributed by atoms with Gasteiger partial charge in [0.05, 0.1) is 0 Å². The summed E-state index contributed by atoms with van der Waals surface area (Å²) < 4.78 is 0. The molecule has 0 saturated heterocycles. The van der Waals surface area contributed by atoms with Crippen LogP contribution in [0.3, 0.4) is 0 Å². The first-order chi connectivity index (χ1) is 10.6. The molecule has 0 heteroatoms. The molecule has 0 fully saturated rings. The summed E-state index contributed by atoms with van der Waals surface area (Å²) in [7, 11) is 0. The number of fused-ring (bicyclic) bond motifs is 3. The van der Waals surface area contributed by atoms with Gasteiger partial charge in [-0.25, -0.2) is 0 Å². The van der Waals surface area contributed by atoms with E-state index >= 15 is 0 Å². The van der Waals surface area contributed by atoms with E-state index in [1.807, 2.05) is 0 Å². The molecule has 1 aliphatic rings. The Kier molecular flexibility index (Phi) is 2.77. The molecule has 0 atom stereocenters. The highest BCUT2D eigenvalue weighted by Crippen LogP contribution is 2.51. The fourth-order valence-electron chi connectivity index (χ4n) is 3.90. The van der Waals surface area contributed by atoms with E-state index in [9.17, 15) is 0 Å². The molecule has 0 unspecified atom stereocenters. The second-order valence-electron chi connectivity index (χ2n) is 6.77. The lowest BCUT2D eigenvalue weighted by molar-refractivity contribution is 0.662. The van der Waals surface area contributed by atoms with Gasteiger partial charge in [-0.2, -0.15) is 0 Å². The van der Waals surface area contributed by atoms with Crippen molar-refractivity contribution in [2.75, 3.05) is 0 Å². The Hall–Kier alpha value is -2.34. The zero-order chi connectivity index (χ0) is 15.3. The van der Waals surface area contributed by atoms with Crippen LogP contribution in [0.1, 0.15) is 30.5 Å². The van der Waals surface area contributed by atoms with Crippen LogP contribution < -0.4 is 0 Å². The summed E-state index contributed by atoms with van der Waals surface area (Å²) in [5.41, 5.74) is 9.71. The first kappa shape index (κ1) is 13.3. The van der Waals surface area contributed by atoms with Gasteiger partial charge in [0, 0.05) is 5.41 Å². The van der Waals surface area contributed by atoms with Gasteiger partial charge in [-0.3, -0.25) is 0 Å². The Morgan fingerprint density at radius 3 is 2.18 bits per heavy atom. The highest BCUT2D eigenvalue weighted by Gasteiger charge is 2.37. The monoisotopic (exact) mass is 284 g/mol. The van der Waals surface area contributed by atoms with Crippen molar-refractivity contribution in [3.63, 3.8) is 0 Å². The molecule has 0 spiro atoms. The predicted octanol–water partition coefficient (Wildman–Crippen LogP) is 5.97. The number of aryl methyl sites for hydroxylation is 1. The van der Waals surface area contributed by atoms with Gasteiger partial charge in [-0.05, 0) is 40.3 Å². The molecule has 0 amide bonds. The molecular formula is C22H20. The molecule has 0 saturated carbocycles. The van der Waals surface area contributed by atoms with E-state index in [1.165, 1.54) is 38.9 Å². The molecule has 0 aliphatic heterocycles. The van der Waals surface area contributed by atoms with Crippen LogP contribution in [0, 0.1) is 6.92 Å². The van der Waals surface area contributed by atoms with Crippen molar-refractivity contribution >= 4 is 0 Å². The Balaban J connectivity index is 2.04. The van der Waals surface area contributed by atoms with Crippen LogP contribution in [-0.2, 0) is 5.41 Å². The molecular weight excluding hydrogens is 264 g/mol. The lowest BCUT2D eigenvalue weighted by Crippen LogP contribution is -2.16. The van der Waals surface area contributed by atoms with Crippen LogP contribution in [-0.4, -0.2) is 0 Å². The van der Waals surface area contributed by atoms with E-state index < -0.39 is 0 Å². The maximum absolute atomic E-state index is 2.34. The standard InChI is InChI=1S/C22H20/c1-15-8-6-9-16(14-15)17-11-7-12-19-18-10-4-5-13-20(18)22(2,3)21(17)19/h4-14H,1-3H3. The van der Waals surface area contributed by atoms with E-state index in [0.717, 1.165) is 0 Å². The highest BCUT2D eigenvalue weighted by atomic mass is 14.4. The summed E-state index contributed by atoms with van der Waals surface area (Å²) in [6.07, 6.45) is 0. The minimum atomic E-state index is 0.0479. The largest absolute Gasteiger partial charge is 0.0619 e. The van der Waals surface area contributed by atoms with Crippen molar-refractivity contribution < 1.29 is 0 Å². The van der Waals surface area contributed by atoms with Crippen molar-refractivity contribution in [3.05, 3.63) is 83.4 Å². The predicted molar refractivity (Wildman–Crippen MR) is 94.2 cm³/mol. The minimum absolute atomic E-state index is 0.0479. The van der Waals surface area contributed by atoms with Gasteiger partial charge in [0.2, 0.25) is 0 Å². The zero-order valence-electron chi connectivity index (χ0n) is 13.4. The van der Waals surface area contributed by atoms with Crippen molar-refractivity contribution in [1.82, 2.24) is 0 Å². The van der Waals surface area contributed by atoms with E-state index in [0.29, 0.717) is 0 Å². The maximum Gasteiger partial charge on any atom is 0.0165 e. The molecule has 0 heterocycles. The molecule has 22 heavy (non-hydrogen) atoms. The second-order valence-corrected chi connectivity index (χ2v) is 6.77. The topological polar surface area (TPSA) is 0 Å². The lowest BCUT2D eigenvalue weighted by Gasteiger charge is -2.24. The van der Waals surface area contributed by atoms with Crippen LogP contribution in [0.25, 0.3) is 22.3 Å². The van der Waals surface area contributed by atoms with Gasteiger partial charge in [-0.1, -0.05) is 86.1 Å². The van der Waals surface area contributed by atoms with Crippen molar-refractivity contribution in [1.29, 1.82) is 0 Å². The number of benzene rings is 3. The summed E-state index contributed by atoms with van der Waals surface area (Å²) in [5, 5.41) is 0. The number of hydrogen-bond acceptors (Lipinski definition) is 0. The van der Waals surface area contributed by atoms with Crippen LogP contribution in [0.5, 0.6) is 0 Å². The van der Waals surface area contributed by atoms with Crippen molar-refractivity contribution in [2.45, 2.75) is 26.2 Å². The molecule has 0 aromatic heterocycles. The summed E-state index contributed by atoms with van der Waals surface area (Å²) in [6.45, 7) is 6.85. The van der Waals surface area contributed by atoms with E-state index in [2.05, 4.69) is 87.5 Å². The molecule has 4 rings (SSSR count). The van der Waals surface area contributed by atoms with Crippen molar-refractivity contribution in [3.8, 4) is 22.3 Å². The quantitative estimate of drug-likeness (QED) is 0.516. The average Bonchev–Trinajstić information content (AvgIpc) is 2.76. The van der Waals surface area contributed by atoms with Crippen molar-refractivity contribution in [2.24, 2.45) is 0 Å². The molecule has 0 nitrogen and oxygen atoms in total. The molecule has 3 aromatic rings. The van der Waals surface area contributed by atoms with Crippen LogP contribution in [0.15, 0.2) is 66.7 Å². The van der Waals surface area contributed by atoms with Crippen LogP contribution in [0.2, 0.25) is 0 Å². The first-order valence-corrected chi connectivity index (χ1v) is 7.89. The van der Waals surface area contributed by atoms with Gasteiger partial charge in [0.25, 0.3) is 0 Å². The number of hydrogen-bond donors (Lipinski definition) is 0. The van der Waals surface area contributed by atoms with Gasteiger partial charge >= 0.3 is 0 Å². The van der Waals surface area contributed by atoms with Crippen LogP contribution >= 0.6 is 0 Å². The fraction of sp³-hybridized carbons (Fsp3) is 0.182. The maximum atomic E-state index is 2.34. The Labute approximate surface area is 132 Å². The van der Waals surface area contributed by atoms with Gasteiger partial charge < -0.3 is 0 Å². The zero-order valence-corrected chi connectivity index (χ0v) is 13.4. The molecule has 0 N–H and O–H groups in total. The SMILES string of the molecule is Cc1cccc(-c2cccc3c2C(C)(C)c2ccccc2-3)c1. The second kappa shape index (κ2) is 4.58. The molecule has 3 aromatic carbocycles. The van der Waals surface area contributed by atoms with E-state index in [1.54, 1.807) is 0 Å². The van der Waals surface area contributed by atoms with Gasteiger partial charge in [-0.15, -0.1) is 0 Å². The van der Waals surface area contributed by atoms with E-state index in [-0.39, 0.29) is 5.41 Å².